The summed E-state index contributed by atoms with van der Waals surface area (Å²) in [6, 6.07) is 9.36. The summed E-state index contributed by atoms with van der Waals surface area (Å²) in [6.45, 7) is 4.50. The van der Waals surface area contributed by atoms with Gasteiger partial charge in [-0.2, -0.15) is 0 Å². The molecule has 1 aromatic heterocycles. The SMILES string of the molecule is Cc1ccc(OCC(C)Nc2cc(=O)[nH]cn2)cc1. The van der Waals surface area contributed by atoms with E-state index >= 15 is 0 Å². The first-order valence-electron chi connectivity index (χ1n) is 6.14. The number of hydrogen-bond acceptors (Lipinski definition) is 4. The molecular formula is C14H17N3O2. The van der Waals surface area contributed by atoms with Gasteiger partial charge >= 0.3 is 0 Å². The molecule has 1 atom stereocenters. The Kier molecular flexibility index (Phi) is 4.18. The Morgan fingerprint density at radius 1 is 1.37 bits per heavy atom. The standard InChI is InChI=1S/C14H17N3O2/c1-10-3-5-12(6-4-10)19-8-11(2)17-13-7-14(18)16-9-15-13/h3-7,9,11H,8H2,1-2H3,(H2,15,16,17,18). The highest BCUT2D eigenvalue weighted by atomic mass is 16.5. The van der Waals surface area contributed by atoms with E-state index in [-0.39, 0.29) is 11.6 Å². The van der Waals surface area contributed by atoms with Gasteiger partial charge in [0.2, 0.25) is 0 Å². The third-order valence-corrected chi connectivity index (χ3v) is 2.59. The van der Waals surface area contributed by atoms with Gasteiger partial charge in [-0.05, 0) is 26.0 Å². The van der Waals surface area contributed by atoms with E-state index in [0.717, 1.165) is 5.75 Å². The number of H-pyrrole nitrogens is 1. The van der Waals surface area contributed by atoms with Gasteiger partial charge in [-0.25, -0.2) is 4.98 Å². The molecule has 0 saturated heterocycles. The van der Waals surface area contributed by atoms with Crippen molar-refractivity contribution in [2.24, 2.45) is 0 Å². The smallest absolute Gasteiger partial charge is 0.252 e. The molecule has 0 bridgehead atoms. The Labute approximate surface area is 111 Å². The van der Waals surface area contributed by atoms with E-state index in [2.05, 4.69) is 15.3 Å². The van der Waals surface area contributed by atoms with Gasteiger partial charge in [-0.3, -0.25) is 4.79 Å². The van der Waals surface area contributed by atoms with Crippen LogP contribution in [0, 0.1) is 6.92 Å². The second-order valence-electron chi connectivity index (χ2n) is 4.47. The number of aryl methyl sites for hydroxylation is 1. The molecule has 0 fully saturated rings. The lowest BCUT2D eigenvalue weighted by Crippen LogP contribution is -2.25. The molecule has 0 amide bonds. The Hall–Kier alpha value is -2.30. The third kappa shape index (κ3) is 4.13. The van der Waals surface area contributed by atoms with Crippen LogP contribution < -0.4 is 15.6 Å². The van der Waals surface area contributed by atoms with E-state index in [1.54, 1.807) is 0 Å². The molecule has 5 nitrogen and oxygen atoms in total. The molecule has 0 radical (unpaired) electrons. The highest BCUT2D eigenvalue weighted by molar-refractivity contribution is 5.33. The lowest BCUT2D eigenvalue weighted by molar-refractivity contribution is 0.303. The average molecular weight is 259 g/mol. The van der Waals surface area contributed by atoms with Crippen molar-refractivity contribution in [3.8, 4) is 5.75 Å². The molecule has 100 valence electrons. The molecule has 5 heteroatoms. The number of nitrogens with one attached hydrogen (secondary N) is 2. The molecule has 1 unspecified atom stereocenters. The Bertz CT molecular complexity index is 578. The van der Waals surface area contributed by atoms with Crippen molar-refractivity contribution in [1.82, 2.24) is 9.97 Å². The number of benzene rings is 1. The summed E-state index contributed by atoms with van der Waals surface area (Å²) in [5, 5.41) is 3.11. The summed E-state index contributed by atoms with van der Waals surface area (Å²) in [6.07, 6.45) is 1.37. The second-order valence-corrected chi connectivity index (χ2v) is 4.47. The Balaban J connectivity index is 1.86. The van der Waals surface area contributed by atoms with Crippen molar-refractivity contribution < 1.29 is 4.74 Å². The lowest BCUT2D eigenvalue weighted by atomic mass is 10.2. The Morgan fingerprint density at radius 3 is 2.79 bits per heavy atom. The van der Waals surface area contributed by atoms with Crippen LogP contribution in [0.3, 0.4) is 0 Å². The van der Waals surface area contributed by atoms with Crippen molar-refractivity contribution >= 4 is 5.82 Å². The molecule has 0 aliphatic rings. The first kappa shape index (κ1) is 13.1. The summed E-state index contributed by atoms with van der Waals surface area (Å²) in [7, 11) is 0. The van der Waals surface area contributed by atoms with Crippen LogP contribution in [-0.2, 0) is 0 Å². The quantitative estimate of drug-likeness (QED) is 0.861. The fourth-order valence-electron chi connectivity index (χ4n) is 1.60. The van der Waals surface area contributed by atoms with Crippen molar-refractivity contribution in [3.63, 3.8) is 0 Å². The van der Waals surface area contributed by atoms with Gasteiger partial charge in [0.15, 0.2) is 0 Å². The molecule has 2 rings (SSSR count). The summed E-state index contributed by atoms with van der Waals surface area (Å²) in [5.74, 6) is 1.38. The summed E-state index contributed by atoms with van der Waals surface area (Å²) < 4.78 is 5.65. The van der Waals surface area contributed by atoms with Crippen LogP contribution in [0.4, 0.5) is 5.82 Å². The fourth-order valence-corrected chi connectivity index (χ4v) is 1.60. The van der Waals surface area contributed by atoms with Crippen LogP contribution in [0.2, 0.25) is 0 Å². The van der Waals surface area contributed by atoms with Gasteiger partial charge in [-0.1, -0.05) is 17.7 Å². The normalized spacial score (nSPS) is 11.9. The zero-order valence-electron chi connectivity index (χ0n) is 11.0. The molecule has 0 spiro atoms. The van der Waals surface area contributed by atoms with Gasteiger partial charge in [-0.15, -0.1) is 0 Å². The van der Waals surface area contributed by atoms with Crippen LogP contribution in [0.25, 0.3) is 0 Å². The molecule has 19 heavy (non-hydrogen) atoms. The number of aromatic nitrogens is 2. The number of rotatable bonds is 5. The lowest BCUT2D eigenvalue weighted by Gasteiger charge is -2.15. The van der Waals surface area contributed by atoms with E-state index in [1.165, 1.54) is 18.0 Å². The minimum Gasteiger partial charge on any atom is -0.491 e. The molecule has 1 heterocycles. The molecule has 0 aliphatic carbocycles. The number of aromatic amines is 1. The van der Waals surface area contributed by atoms with Gasteiger partial charge in [0.05, 0.1) is 12.4 Å². The molecule has 2 aromatic rings. The molecule has 0 saturated carbocycles. The van der Waals surface area contributed by atoms with Gasteiger partial charge in [0, 0.05) is 6.07 Å². The van der Waals surface area contributed by atoms with Gasteiger partial charge in [0.1, 0.15) is 18.2 Å². The van der Waals surface area contributed by atoms with E-state index < -0.39 is 0 Å². The van der Waals surface area contributed by atoms with Crippen molar-refractivity contribution in [2.75, 3.05) is 11.9 Å². The zero-order chi connectivity index (χ0) is 13.7. The largest absolute Gasteiger partial charge is 0.491 e. The first-order valence-corrected chi connectivity index (χ1v) is 6.14. The topological polar surface area (TPSA) is 67.0 Å². The number of ether oxygens (including phenoxy) is 1. The molecular weight excluding hydrogens is 242 g/mol. The third-order valence-electron chi connectivity index (χ3n) is 2.59. The highest BCUT2D eigenvalue weighted by Crippen LogP contribution is 2.12. The van der Waals surface area contributed by atoms with Crippen LogP contribution in [0.15, 0.2) is 41.5 Å². The first-order chi connectivity index (χ1) is 9.13. The maximum Gasteiger partial charge on any atom is 0.252 e. The second kappa shape index (κ2) is 6.04. The van der Waals surface area contributed by atoms with E-state index in [0.29, 0.717) is 12.4 Å². The molecule has 2 N–H and O–H groups in total. The number of nitrogens with zero attached hydrogens (tertiary/aromatic N) is 1. The molecule has 1 aromatic carbocycles. The Morgan fingerprint density at radius 2 is 2.11 bits per heavy atom. The van der Waals surface area contributed by atoms with E-state index in [4.69, 9.17) is 4.74 Å². The van der Waals surface area contributed by atoms with Crippen LogP contribution in [0.5, 0.6) is 5.75 Å². The molecule has 0 aliphatic heterocycles. The fraction of sp³-hybridized carbons (Fsp3) is 0.286. The van der Waals surface area contributed by atoms with Crippen molar-refractivity contribution in [1.29, 1.82) is 0 Å². The zero-order valence-corrected chi connectivity index (χ0v) is 11.0. The maximum atomic E-state index is 11.1. The number of hydrogen-bond donors (Lipinski definition) is 2. The van der Waals surface area contributed by atoms with Crippen LogP contribution in [0.1, 0.15) is 12.5 Å². The average Bonchev–Trinajstić information content (AvgIpc) is 2.38. The predicted octanol–water partition coefficient (Wildman–Crippen LogP) is 1.96. The predicted molar refractivity (Wildman–Crippen MR) is 74.6 cm³/mol. The van der Waals surface area contributed by atoms with Crippen molar-refractivity contribution in [3.05, 3.63) is 52.6 Å². The van der Waals surface area contributed by atoms with Crippen molar-refractivity contribution in [2.45, 2.75) is 19.9 Å². The van der Waals surface area contributed by atoms with Gasteiger partial charge < -0.3 is 15.0 Å². The minimum absolute atomic E-state index is 0.0515. The highest BCUT2D eigenvalue weighted by Gasteiger charge is 2.04. The van der Waals surface area contributed by atoms with Crippen LogP contribution >= 0.6 is 0 Å². The van der Waals surface area contributed by atoms with E-state index in [1.807, 2.05) is 38.1 Å². The minimum atomic E-state index is -0.177. The van der Waals surface area contributed by atoms with E-state index in [9.17, 15) is 4.79 Å². The monoisotopic (exact) mass is 259 g/mol. The summed E-state index contributed by atoms with van der Waals surface area (Å²) >= 11 is 0. The van der Waals surface area contributed by atoms with Crippen LogP contribution in [-0.4, -0.2) is 22.6 Å². The number of anilines is 1. The van der Waals surface area contributed by atoms with Gasteiger partial charge in [0.25, 0.3) is 5.56 Å². The summed E-state index contributed by atoms with van der Waals surface area (Å²) in [4.78, 5) is 17.6. The maximum absolute atomic E-state index is 11.1. The summed E-state index contributed by atoms with van der Waals surface area (Å²) in [5.41, 5.74) is 1.02.